The van der Waals surface area contributed by atoms with Crippen LogP contribution >= 0.6 is 0 Å². The number of hydrogen-bond acceptors (Lipinski definition) is 2. The van der Waals surface area contributed by atoms with E-state index in [-0.39, 0.29) is 0 Å². The van der Waals surface area contributed by atoms with Crippen LogP contribution in [0.2, 0.25) is 0 Å². The number of aromatic nitrogens is 2. The van der Waals surface area contributed by atoms with Crippen LogP contribution in [0.15, 0.2) is 6.20 Å². The first kappa shape index (κ1) is 7.56. The first-order chi connectivity index (χ1) is 6.36. The van der Waals surface area contributed by atoms with Crippen molar-refractivity contribution < 1.29 is 0 Å². The second-order valence-electron chi connectivity index (χ2n) is 4.20. The average molecular weight is 177 g/mol. The minimum absolute atomic E-state index is 0.594. The van der Waals surface area contributed by atoms with E-state index in [1.165, 1.54) is 37.1 Å². The maximum Gasteiger partial charge on any atom is 0.0585 e. The van der Waals surface area contributed by atoms with Crippen molar-refractivity contribution >= 4 is 0 Å². The number of rotatable bonds is 0. The maximum atomic E-state index is 4.34. The summed E-state index contributed by atoms with van der Waals surface area (Å²) in [5.41, 5.74) is 2.90. The van der Waals surface area contributed by atoms with Crippen LogP contribution in [0.5, 0.6) is 0 Å². The van der Waals surface area contributed by atoms with Crippen molar-refractivity contribution in [1.29, 1.82) is 0 Å². The molecule has 3 nitrogen and oxygen atoms in total. The highest BCUT2D eigenvalue weighted by Gasteiger charge is 2.35. The van der Waals surface area contributed by atoms with Crippen LogP contribution in [-0.4, -0.2) is 16.3 Å². The number of hydrogen-bond donors (Lipinski definition) is 1. The highest BCUT2D eigenvalue weighted by Crippen LogP contribution is 2.38. The fourth-order valence-corrected chi connectivity index (χ4v) is 2.82. The molecule has 13 heavy (non-hydrogen) atoms. The molecule has 70 valence electrons. The molecule has 1 aliphatic heterocycles. The van der Waals surface area contributed by atoms with Crippen molar-refractivity contribution in [3.63, 3.8) is 0 Å². The monoisotopic (exact) mass is 177 g/mol. The zero-order valence-corrected chi connectivity index (χ0v) is 7.95. The second-order valence-corrected chi connectivity index (χ2v) is 4.20. The molecule has 1 aromatic rings. The SMILES string of the molecule is Cn1ncc2c1C1NCCC1CC2. The van der Waals surface area contributed by atoms with Gasteiger partial charge in [0, 0.05) is 7.05 Å². The largest absolute Gasteiger partial charge is 0.308 e. The van der Waals surface area contributed by atoms with E-state index in [1.54, 1.807) is 0 Å². The Hall–Kier alpha value is -0.830. The smallest absolute Gasteiger partial charge is 0.0585 e. The van der Waals surface area contributed by atoms with E-state index in [0.717, 1.165) is 5.92 Å². The van der Waals surface area contributed by atoms with E-state index in [9.17, 15) is 0 Å². The molecule has 1 N–H and O–H groups in total. The van der Waals surface area contributed by atoms with E-state index >= 15 is 0 Å². The van der Waals surface area contributed by atoms with Crippen molar-refractivity contribution in [3.8, 4) is 0 Å². The lowest BCUT2D eigenvalue weighted by Gasteiger charge is -2.25. The molecule has 0 bridgehead atoms. The summed E-state index contributed by atoms with van der Waals surface area (Å²) in [5.74, 6) is 0.864. The van der Waals surface area contributed by atoms with Crippen LogP contribution in [0.3, 0.4) is 0 Å². The van der Waals surface area contributed by atoms with Crippen LogP contribution in [0, 0.1) is 5.92 Å². The first-order valence-electron chi connectivity index (χ1n) is 5.10. The van der Waals surface area contributed by atoms with Crippen molar-refractivity contribution in [2.24, 2.45) is 13.0 Å². The van der Waals surface area contributed by atoms with Crippen molar-refractivity contribution in [2.75, 3.05) is 6.54 Å². The van der Waals surface area contributed by atoms with Gasteiger partial charge in [-0.2, -0.15) is 5.10 Å². The standard InChI is InChI=1S/C10H15N3/c1-13-10-8(6-12-13)3-2-7-4-5-11-9(7)10/h6-7,9,11H,2-5H2,1H3. The summed E-state index contributed by atoms with van der Waals surface area (Å²) in [6.45, 7) is 1.18. The molecule has 2 aliphatic rings. The molecule has 0 aromatic carbocycles. The van der Waals surface area contributed by atoms with Crippen molar-refractivity contribution in [1.82, 2.24) is 15.1 Å². The number of fused-ring (bicyclic) bond motifs is 3. The molecular weight excluding hydrogens is 162 g/mol. The molecule has 1 aliphatic carbocycles. The highest BCUT2D eigenvalue weighted by atomic mass is 15.3. The van der Waals surface area contributed by atoms with E-state index in [0.29, 0.717) is 6.04 Å². The quantitative estimate of drug-likeness (QED) is 0.641. The zero-order chi connectivity index (χ0) is 8.84. The van der Waals surface area contributed by atoms with Gasteiger partial charge in [-0.1, -0.05) is 0 Å². The van der Waals surface area contributed by atoms with Crippen molar-refractivity contribution in [2.45, 2.75) is 25.3 Å². The number of nitrogens with one attached hydrogen (secondary N) is 1. The van der Waals surface area contributed by atoms with Gasteiger partial charge in [0.2, 0.25) is 0 Å². The topological polar surface area (TPSA) is 29.9 Å². The van der Waals surface area contributed by atoms with E-state index in [4.69, 9.17) is 0 Å². The predicted molar refractivity (Wildman–Crippen MR) is 50.4 cm³/mol. The molecule has 1 aromatic heterocycles. The molecule has 1 fully saturated rings. The normalized spacial score (nSPS) is 31.5. The third kappa shape index (κ3) is 0.967. The summed E-state index contributed by atoms with van der Waals surface area (Å²) in [6, 6.07) is 0.594. The van der Waals surface area contributed by atoms with Gasteiger partial charge in [-0.15, -0.1) is 0 Å². The lowest BCUT2D eigenvalue weighted by atomic mass is 9.84. The molecule has 0 saturated carbocycles. The summed E-state index contributed by atoms with van der Waals surface area (Å²) < 4.78 is 2.05. The minimum Gasteiger partial charge on any atom is -0.308 e. The summed E-state index contributed by atoms with van der Waals surface area (Å²) in [6.07, 6.45) is 5.95. The minimum atomic E-state index is 0.594. The van der Waals surface area contributed by atoms with Crippen LogP contribution < -0.4 is 5.32 Å². The fourth-order valence-electron chi connectivity index (χ4n) is 2.82. The molecule has 0 spiro atoms. The number of nitrogens with zero attached hydrogens (tertiary/aromatic N) is 2. The Morgan fingerprint density at radius 1 is 1.54 bits per heavy atom. The van der Waals surface area contributed by atoms with Gasteiger partial charge >= 0.3 is 0 Å². The van der Waals surface area contributed by atoms with Gasteiger partial charge in [0.05, 0.1) is 17.9 Å². The van der Waals surface area contributed by atoms with Gasteiger partial charge in [0.15, 0.2) is 0 Å². The van der Waals surface area contributed by atoms with E-state index in [1.807, 2.05) is 10.9 Å². The molecule has 2 atom stereocenters. The lowest BCUT2D eigenvalue weighted by molar-refractivity contribution is 0.386. The van der Waals surface area contributed by atoms with Gasteiger partial charge in [-0.25, -0.2) is 0 Å². The molecule has 0 radical (unpaired) electrons. The Labute approximate surface area is 78.1 Å². The second kappa shape index (κ2) is 2.58. The molecular formula is C10H15N3. The predicted octanol–water partition coefficient (Wildman–Crippen LogP) is 1.02. The van der Waals surface area contributed by atoms with Crippen LogP contribution in [-0.2, 0) is 13.5 Å². The Morgan fingerprint density at radius 2 is 2.46 bits per heavy atom. The summed E-state index contributed by atoms with van der Waals surface area (Å²) >= 11 is 0. The Morgan fingerprint density at radius 3 is 3.38 bits per heavy atom. The van der Waals surface area contributed by atoms with Crippen LogP contribution in [0.4, 0.5) is 0 Å². The van der Waals surface area contributed by atoms with Gasteiger partial charge < -0.3 is 5.32 Å². The summed E-state index contributed by atoms with van der Waals surface area (Å²) in [5, 5.41) is 7.92. The third-order valence-electron chi connectivity index (χ3n) is 3.49. The molecule has 3 heteroatoms. The summed E-state index contributed by atoms with van der Waals surface area (Å²) in [7, 11) is 2.06. The molecule has 1 saturated heterocycles. The zero-order valence-electron chi connectivity index (χ0n) is 7.95. The Bertz CT molecular complexity index is 329. The van der Waals surface area contributed by atoms with Crippen LogP contribution in [0.1, 0.15) is 30.1 Å². The molecule has 3 rings (SSSR count). The van der Waals surface area contributed by atoms with Gasteiger partial charge in [0.25, 0.3) is 0 Å². The van der Waals surface area contributed by atoms with Gasteiger partial charge in [-0.3, -0.25) is 4.68 Å². The molecule has 2 unspecified atom stereocenters. The third-order valence-corrected chi connectivity index (χ3v) is 3.49. The Kier molecular flexibility index (Phi) is 1.50. The average Bonchev–Trinajstić information content (AvgIpc) is 2.70. The molecule has 2 heterocycles. The fraction of sp³-hybridized carbons (Fsp3) is 0.700. The molecule has 0 amide bonds. The number of aryl methyl sites for hydroxylation is 2. The van der Waals surface area contributed by atoms with E-state index < -0.39 is 0 Å². The van der Waals surface area contributed by atoms with Crippen LogP contribution in [0.25, 0.3) is 0 Å². The Balaban J connectivity index is 2.09. The maximum absolute atomic E-state index is 4.34. The summed E-state index contributed by atoms with van der Waals surface area (Å²) in [4.78, 5) is 0. The van der Waals surface area contributed by atoms with E-state index in [2.05, 4.69) is 17.5 Å². The van der Waals surface area contributed by atoms with Gasteiger partial charge in [-0.05, 0) is 37.3 Å². The highest BCUT2D eigenvalue weighted by molar-refractivity contribution is 5.26. The van der Waals surface area contributed by atoms with Gasteiger partial charge in [0.1, 0.15) is 0 Å². The first-order valence-corrected chi connectivity index (χ1v) is 5.10. The van der Waals surface area contributed by atoms with Crippen molar-refractivity contribution in [3.05, 3.63) is 17.5 Å². The lowest BCUT2D eigenvalue weighted by Crippen LogP contribution is -2.25.